The number of piperazine rings is 1. The monoisotopic (exact) mass is 347 g/mol. The van der Waals surface area contributed by atoms with Gasteiger partial charge in [0.25, 0.3) is 0 Å². The second-order valence-corrected chi connectivity index (χ2v) is 6.46. The van der Waals surface area contributed by atoms with Gasteiger partial charge in [-0.25, -0.2) is 0 Å². The highest BCUT2D eigenvalue weighted by Gasteiger charge is 2.16. The summed E-state index contributed by atoms with van der Waals surface area (Å²) in [6.45, 7) is 4.70. The molecule has 0 unspecified atom stereocenters. The number of benzene rings is 2. The summed E-state index contributed by atoms with van der Waals surface area (Å²) >= 11 is 12.2. The predicted molar refractivity (Wildman–Crippen MR) is 97.3 cm³/mol. The fraction of sp³-hybridized carbons (Fsp3) is 0.278. The van der Waals surface area contributed by atoms with E-state index in [4.69, 9.17) is 23.2 Å². The summed E-state index contributed by atoms with van der Waals surface area (Å²) in [5.41, 5.74) is 2.21. The molecular weight excluding hydrogens is 329 g/mol. The molecule has 1 fully saturated rings. The van der Waals surface area contributed by atoms with E-state index in [9.17, 15) is 0 Å². The highest BCUT2D eigenvalue weighted by molar-refractivity contribution is 6.31. The molecule has 2 aromatic rings. The standard InChI is InChI=1S/C18H19Cl2N3/c19-17-6-3-4-15(12-17)13-21-23-10-8-22(9-11-23)14-16-5-1-2-7-18(16)20/h1-7,12-13H,8-11,14H2/b21-13-. The van der Waals surface area contributed by atoms with Gasteiger partial charge in [-0.15, -0.1) is 0 Å². The van der Waals surface area contributed by atoms with Gasteiger partial charge in [-0.2, -0.15) is 5.10 Å². The molecule has 0 amide bonds. The first kappa shape index (κ1) is 16.3. The molecule has 0 N–H and O–H groups in total. The zero-order valence-electron chi connectivity index (χ0n) is 12.8. The van der Waals surface area contributed by atoms with Gasteiger partial charge in [0, 0.05) is 42.8 Å². The minimum absolute atomic E-state index is 0.735. The van der Waals surface area contributed by atoms with Crippen molar-refractivity contribution in [3.63, 3.8) is 0 Å². The molecule has 0 aliphatic carbocycles. The molecule has 3 rings (SSSR count). The molecule has 0 spiro atoms. The van der Waals surface area contributed by atoms with Gasteiger partial charge in [0.2, 0.25) is 0 Å². The molecule has 1 heterocycles. The summed E-state index contributed by atoms with van der Waals surface area (Å²) in [5, 5.41) is 8.23. The smallest absolute Gasteiger partial charge is 0.0543 e. The largest absolute Gasteiger partial charge is 0.295 e. The highest BCUT2D eigenvalue weighted by Crippen LogP contribution is 2.18. The van der Waals surface area contributed by atoms with E-state index in [1.807, 2.05) is 48.7 Å². The van der Waals surface area contributed by atoms with E-state index in [2.05, 4.69) is 21.1 Å². The normalized spacial score (nSPS) is 16.2. The van der Waals surface area contributed by atoms with Crippen LogP contribution in [0.2, 0.25) is 10.0 Å². The van der Waals surface area contributed by atoms with E-state index in [0.29, 0.717) is 0 Å². The van der Waals surface area contributed by atoms with Gasteiger partial charge in [-0.05, 0) is 29.3 Å². The van der Waals surface area contributed by atoms with E-state index in [1.165, 1.54) is 5.56 Å². The van der Waals surface area contributed by atoms with E-state index >= 15 is 0 Å². The van der Waals surface area contributed by atoms with E-state index in [-0.39, 0.29) is 0 Å². The van der Waals surface area contributed by atoms with Crippen LogP contribution in [0.4, 0.5) is 0 Å². The second kappa shape index (κ2) is 7.82. The Morgan fingerprint density at radius 2 is 1.74 bits per heavy atom. The number of hydrazone groups is 1. The van der Waals surface area contributed by atoms with Crippen molar-refractivity contribution >= 4 is 29.4 Å². The molecule has 1 aliphatic heterocycles. The Bertz CT molecular complexity index is 679. The zero-order chi connectivity index (χ0) is 16.1. The van der Waals surface area contributed by atoms with Crippen LogP contribution in [0.15, 0.2) is 53.6 Å². The van der Waals surface area contributed by atoms with Crippen molar-refractivity contribution in [1.82, 2.24) is 9.91 Å². The third-order valence-electron chi connectivity index (χ3n) is 3.92. The van der Waals surface area contributed by atoms with Gasteiger partial charge in [0.05, 0.1) is 6.21 Å². The van der Waals surface area contributed by atoms with Gasteiger partial charge < -0.3 is 0 Å². The van der Waals surface area contributed by atoms with Gasteiger partial charge in [-0.3, -0.25) is 9.91 Å². The van der Waals surface area contributed by atoms with Crippen molar-refractivity contribution < 1.29 is 0 Å². The van der Waals surface area contributed by atoms with Crippen LogP contribution < -0.4 is 0 Å². The molecule has 0 saturated carbocycles. The first-order valence-corrected chi connectivity index (χ1v) is 8.46. The number of hydrogen-bond donors (Lipinski definition) is 0. The number of nitrogens with zero attached hydrogens (tertiary/aromatic N) is 3. The van der Waals surface area contributed by atoms with Gasteiger partial charge in [-0.1, -0.05) is 53.5 Å². The van der Waals surface area contributed by atoms with Gasteiger partial charge >= 0.3 is 0 Å². The third-order valence-corrected chi connectivity index (χ3v) is 4.52. The van der Waals surface area contributed by atoms with Crippen molar-refractivity contribution in [3.8, 4) is 0 Å². The first-order chi connectivity index (χ1) is 11.2. The minimum Gasteiger partial charge on any atom is -0.295 e. The Balaban J connectivity index is 1.51. The SMILES string of the molecule is Clc1cccc(/C=N\N2CCN(Cc3ccccc3Cl)CC2)c1. The van der Waals surface area contributed by atoms with Crippen LogP contribution in [0.1, 0.15) is 11.1 Å². The van der Waals surface area contributed by atoms with Crippen molar-refractivity contribution in [1.29, 1.82) is 0 Å². The molecule has 5 heteroatoms. The average Bonchev–Trinajstić information content (AvgIpc) is 2.56. The Morgan fingerprint density at radius 1 is 0.957 bits per heavy atom. The molecular formula is C18H19Cl2N3. The first-order valence-electron chi connectivity index (χ1n) is 7.71. The lowest BCUT2D eigenvalue weighted by Gasteiger charge is -2.33. The fourth-order valence-electron chi connectivity index (χ4n) is 2.61. The molecule has 0 bridgehead atoms. The summed E-state index contributed by atoms with van der Waals surface area (Å²) in [7, 11) is 0. The Hall–Kier alpha value is -1.55. The van der Waals surface area contributed by atoms with Gasteiger partial charge in [0.15, 0.2) is 0 Å². The van der Waals surface area contributed by atoms with Crippen LogP contribution in [0.5, 0.6) is 0 Å². The van der Waals surface area contributed by atoms with Crippen molar-refractivity contribution in [2.45, 2.75) is 6.54 Å². The Morgan fingerprint density at radius 3 is 2.48 bits per heavy atom. The maximum Gasteiger partial charge on any atom is 0.0543 e. The quantitative estimate of drug-likeness (QED) is 0.773. The van der Waals surface area contributed by atoms with Crippen molar-refractivity contribution in [3.05, 3.63) is 69.7 Å². The third kappa shape index (κ3) is 4.71. The second-order valence-electron chi connectivity index (χ2n) is 5.62. The summed E-state index contributed by atoms with van der Waals surface area (Å²) in [6.07, 6.45) is 1.87. The van der Waals surface area contributed by atoms with Crippen LogP contribution in [-0.4, -0.2) is 42.3 Å². The lowest BCUT2D eigenvalue weighted by molar-refractivity contribution is 0.131. The summed E-state index contributed by atoms with van der Waals surface area (Å²) in [6, 6.07) is 15.8. The molecule has 1 aliphatic rings. The minimum atomic E-state index is 0.735. The van der Waals surface area contributed by atoms with Crippen LogP contribution in [0, 0.1) is 0 Å². The number of rotatable bonds is 4. The summed E-state index contributed by atoms with van der Waals surface area (Å²) < 4.78 is 0. The van der Waals surface area contributed by atoms with Crippen LogP contribution >= 0.6 is 23.2 Å². The number of halogens is 2. The van der Waals surface area contributed by atoms with Crippen LogP contribution in [-0.2, 0) is 6.54 Å². The fourth-order valence-corrected chi connectivity index (χ4v) is 3.01. The van der Waals surface area contributed by atoms with Crippen molar-refractivity contribution in [2.24, 2.45) is 5.10 Å². The molecule has 0 aromatic heterocycles. The van der Waals surface area contributed by atoms with Gasteiger partial charge in [0.1, 0.15) is 0 Å². The summed E-state index contributed by atoms with van der Waals surface area (Å²) in [5.74, 6) is 0. The molecule has 1 saturated heterocycles. The Labute approximate surface area is 147 Å². The lowest BCUT2D eigenvalue weighted by atomic mass is 10.2. The molecule has 0 radical (unpaired) electrons. The molecule has 3 nitrogen and oxygen atoms in total. The molecule has 2 aromatic carbocycles. The van der Waals surface area contributed by atoms with Crippen LogP contribution in [0.3, 0.4) is 0 Å². The predicted octanol–water partition coefficient (Wildman–Crippen LogP) is 4.15. The molecule has 23 heavy (non-hydrogen) atoms. The average molecular weight is 348 g/mol. The maximum absolute atomic E-state index is 6.23. The zero-order valence-corrected chi connectivity index (χ0v) is 14.3. The maximum atomic E-state index is 6.23. The highest BCUT2D eigenvalue weighted by atomic mass is 35.5. The molecule has 120 valence electrons. The topological polar surface area (TPSA) is 18.8 Å². The summed E-state index contributed by atoms with van der Waals surface area (Å²) in [4.78, 5) is 2.41. The van der Waals surface area contributed by atoms with E-state index in [0.717, 1.165) is 48.3 Å². The number of hydrogen-bond acceptors (Lipinski definition) is 3. The van der Waals surface area contributed by atoms with E-state index in [1.54, 1.807) is 0 Å². The van der Waals surface area contributed by atoms with Crippen molar-refractivity contribution in [2.75, 3.05) is 26.2 Å². The Kier molecular flexibility index (Phi) is 5.55. The lowest BCUT2D eigenvalue weighted by Crippen LogP contribution is -2.43. The molecule has 0 atom stereocenters. The van der Waals surface area contributed by atoms with E-state index < -0.39 is 0 Å². The van der Waals surface area contributed by atoms with Crippen LogP contribution in [0.25, 0.3) is 0 Å².